The Morgan fingerprint density at radius 1 is 0.967 bits per heavy atom. The molecule has 0 bridgehead atoms. The molecular formula is C22H27O7P. The Bertz CT molecular complexity index is 837. The van der Waals surface area contributed by atoms with Crippen LogP contribution in [0.2, 0.25) is 0 Å². The van der Waals surface area contributed by atoms with Crippen LogP contribution in [0.4, 0.5) is 0 Å². The number of benzene rings is 2. The summed E-state index contributed by atoms with van der Waals surface area (Å²) in [6, 6.07) is 18.6. The maximum absolute atomic E-state index is 13.8. The van der Waals surface area contributed by atoms with Gasteiger partial charge in [-0.15, -0.1) is 0 Å². The Kier molecular flexibility index (Phi) is 7.11. The van der Waals surface area contributed by atoms with E-state index >= 15 is 0 Å². The summed E-state index contributed by atoms with van der Waals surface area (Å²) in [5.41, 5.74) is 0.0791. The van der Waals surface area contributed by atoms with Crippen LogP contribution in [-0.2, 0) is 45.8 Å². The van der Waals surface area contributed by atoms with Gasteiger partial charge in [-0.3, -0.25) is 4.57 Å². The topological polar surface area (TPSA) is 80.3 Å². The summed E-state index contributed by atoms with van der Waals surface area (Å²) in [4.78, 5) is 12.6. The van der Waals surface area contributed by atoms with Crippen molar-refractivity contribution in [2.24, 2.45) is 0 Å². The highest BCUT2D eigenvalue weighted by atomic mass is 31.2. The zero-order valence-corrected chi connectivity index (χ0v) is 18.3. The van der Waals surface area contributed by atoms with Gasteiger partial charge in [-0.25, -0.2) is 4.79 Å². The first kappa shape index (κ1) is 22.7. The van der Waals surface area contributed by atoms with Gasteiger partial charge in [0.25, 0.3) is 0 Å². The van der Waals surface area contributed by atoms with Crippen molar-refractivity contribution in [3.8, 4) is 0 Å². The molecule has 2 aromatic rings. The monoisotopic (exact) mass is 434 g/mol. The summed E-state index contributed by atoms with van der Waals surface area (Å²) in [5.74, 6) is -1.71. The van der Waals surface area contributed by atoms with E-state index < -0.39 is 25.0 Å². The Balaban J connectivity index is 1.83. The fourth-order valence-corrected chi connectivity index (χ4v) is 5.04. The van der Waals surface area contributed by atoms with Crippen LogP contribution < -0.4 is 0 Å². The molecule has 1 atom stereocenters. The van der Waals surface area contributed by atoms with Crippen molar-refractivity contribution in [3.63, 3.8) is 0 Å². The maximum Gasteiger partial charge on any atom is 0.341 e. The standard InChI is InChI=1S/C22H27O7P/c1-21(2)26-16-22(29-21,20(23)25-3)17-30(24,27-14-18-10-6-4-7-11-18)28-15-19-12-8-5-9-13-19/h4-13H,14-17H2,1-3H3. The summed E-state index contributed by atoms with van der Waals surface area (Å²) < 4.78 is 41.7. The van der Waals surface area contributed by atoms with Crippen molar-refractivity contribution < 1.29 is 32.6 Å². The summed E-state index contributed by atoms with van der Waals surface area (Å²) in [5, 5.41) is 0. The minimum Gasteiger partial charge on any atom is -0.467 e. The van der Waals surface area contributed by atoms with Gasteiger partial charge in [0.1, 0.15) is 0 Å². The fourth-order valence-electron chi connectivity index (χ4n) is 3.18. The van der Waals surface area contributed by atoms with Crippen LogP contribution in [0.1, 0.15) is 25.0 Å². The second kappa shape index (κ2) is 9.41. The number of ether oxygens (including phenoxy) is 3. The highest BCUT2D eigenvalue weighted by Crippen LogP contribution is 2.54. The van der Waals surface area contributed by atoms with Crippen LogP contribution in [-0.4, -0.2) is 37.2 Å². The van der Waals surface area contributed by atoms with E-state index in [1.165, 1.54) is 7.11 Å². The summed E-state index contributed by atoms with van der Waals surface area (Å²) >= 11 is 0. The van der Waals surface area contributed by atoms with Gasteiger partial charge in [-0.1, -0.05) is 60.7 Å². The van der Waals surface area contributed by atoms with Crippen molar-refractivity contribution in [3.05, 3.63) is 71.8 Å². The molecule has 8 heteroatoms. The number of esters is 1. The number of carbonyl (C=O) groups excluding carboxylic acids is 1. The van der Waals surface area contributed by atoms with E-state index in [2.05, 4.69) is 0 Å². The molecule has 1 saturated heterocycles. The number of rotatable bonds is 9. The molecule has 0 spiro atoms. The zero-order chi connectivity index (χ0) is 21.7. The van der Waals surface area contributed by atoms with E-state index in [0.717, 1.165) is 11.1 Å². The van der Waals surface area contributed by atoms with Crippen molar-refractivity contribution in [1.29, 1.82) is 0 Å². The Labute approximate surface area is 176 Å². The largest absolute Gasteiger partial charge is 0.467 e. The first-order valence-corrected chi connectivity index (χ1v) is 11.4. The van der Waals surface area contributed by atoms with Gasteiger partial charge in [0.2, 0.25) is 5.60 Å². The SMILES string of the molecule is COC(=O)C1(CP(=O)(OCc2ccccc2)OCc2ccccc2)COC(C)(C)O1. The second-order valence-electron chi connectivity index (χ2n) is 7.56. The van der Waals surface area contributed by atoms with Crippen LogP contribution in [0.15, 0.2) is 60.7 Å². The van der Waals surface area contributed by atoms with Gasteiger partial charge >= 0.3 is 13.6 Å². The third-order valence-corrected chi connectivity index (χ3v) is 6.59. The van der Waals surface area contributed by atoms with Crippen molar-refractivity contribution in [2.75, 3.05) is 19.9 Å². The number of carbonyl (C=O) groups is 1. The minimum absolute atomic E-state index is 0.0639. The van der Waals surface area contributed by atoms with E-state index in [1.54, 1.807) is 13.8 Å². The summed E-state index contributed by atoms with van der Waals surface area (Å²) in [6.07, 6.45) is -0.324. The molecule has 0 amide bonds. The molecule has 1 aliphatic rings. The molecule has 0 aliphatic carbocycles. The highest BCUT2D eigenvalue weighted by Gasteiger charge is 2.56. The lowest BCUT2D eigenvalue weighted by molar-refractivity contribution is -0.184. The molecule has 7 nitrogen and oxygen atoms in total. The van der Waals surface area contributed by atoms with Gasteiger partial charge < -0.3 is 23.3 Å². The predicted octanol–water partition coefficient (Wildman–Crippen LogP) is 4.31. The zero-order valence-electron chi connectivity index (χ0n) is 17.4. The molecule has 1 heterocycles. The van der Waals surface area contributed by atoms with Crippen LogP contribution >= 0.6 is 7.60 Å². The van der Waals surface area contributed by atoms with Crippen molar-refractivity contribution in [1.82, 2.24) is 0 Å². The molecule has 162 valence electrons. The van der Waals surface area contributed by atoms with Crippen LogP contribution in [0, 0.1) is 0 Å². The van der Waals surface area contributed by atoms with Gasteiger partial charge in [-0.05, 0) is 25.0 Å². The molecule has 0 saturated carbocycles. The first-order chi connectivity index (χ1) is 14.3. The van der Waals surface area contributed by atoms with E-state index in [0.29, 0.717) is 0 Å². The fraction of sp³-hybridized carbons (Fsp3) is 0.409. The molecule has 0 N–H and O–H groups in total. The predicted molar refractivity (Wildman–Crippen MR) is 111 cm³/mol. The lowest BCUT2D eigenvalue weighted by Gasteiger charge is -2.30. The Morgan fingerprint density at radius 3 is 1.87 bits per heavy atom. The molecule has 2 aromatic carbocycles. The van der Waals surface area contributed by atoms with Gasteiger partial charge in [0.15, 0.2) is 5.79 Å². The molecule has 1 unspecified atom stereocenters. The molecule has 1 fully saturated rings. The van der Waals surface area contributed by atoms with E-state index in [-0.39, 0.29) is 26.0 Å². The molecule has 0 aromatic heterocycles. The number of hydrogen-bond acceptors (Lipinski definition) is 7. The van der Waals surface area contributed by atoms with Crippen LogP contribution in [0.5, 0.6) is 0 Å². The van der Waals surface area contributed by atoms with E-state index in [4.69, 9.17) is 23.3 Å². The molecule has 0 radical (unpaired) electrons. The summed E-state index contributed by atoms with van der Waals surface area (Å²) in [6.45, 7) is 3.37. The van der Waals surface area contributed by atoms with E-state index in [1.807, 2.05) is 60.7 Å². The highest BCUT2D eigenvalue weighted by molar-refractivity contribution is 7.54. The minimum atomic E-state index is -3.79. The van der Waals surface area contributed by atoms with Crippen molar-refractivity contribution >= 4 is 13.6 Å². The average Bonchev–Trinajstić information content (AvgIpc) is 3.07. The molecule has 30 heavy (non-hydrogen) atoms. The lowest BCUT2D eigenvalue weighted by Crippen LogP contribution is -2.47. The van der Waals surface area contributed by atoms with Crippen molar-refractivity contribution in [2.45, 2.75) is 38.4 Å². The lowest BCUT2D eigenvalue weighted by atomic mass is 10.1. The molecule has 1 aliphatic heterocycles. The number of hydrogen-bond donors (Lipinski definition) is 0. The quantitative estimate of drug-likeness (QED) is 0.430. The molecule has 3 rings (SSSR count). The third-order valence-electron chi connectivity index (χ3n) is 4.64. The van der Waals surface area contributed by atoms with E-state index in [9.17, 15) is 9.36 Å². The van der Waals surface area contributed by atoms with Gasteiger partial charge in [-0.2, -0.15) is 0 Å². The maximum atomic E-state index is 13.8. The summed E-state index contributed by atoms with van der Waals surface area (Å²) in [7, 11) is -2.54. The second-order valence-corrected chi connectivity index (χ2v) is 9.62. The Hall–Kier alpha value is -2.02. The number of methoxy groups -OCH3 is 1. The van der Waals surface area contributed by atoms with Gasteiger partial charge in [0, 0.05) is 0 Å². The first-order valence-electron chi connectivity index (χ1n) is 9.64. The third kappa shape index (κ3) is 5.78. The van der Waals surface area contributed by atoms with Crippen LogP contribution in [0.3, 0.4) is 0 Å². The van der Waals surface area contributed by atoms with Crippen LogP contribution in [0.25, 0.3) is 0 Å². The molecular weight excluding hydrogens is 407 g/mol. The average molecular weight is 434 g/mol. The smallest absolute Gasteiger partial charge is 0.341 e. The Morgan fingerprint density at radius 2 is 1.47 bits per heavy atom. The van der Waals surface area contributed by atoms with Gasteiger partial charge in [0.05, 0.1) is 33.1 Å². The normalized spacial score (nSPS) is 20.8.